The first-order chi connectivity index (χ1) is 38.7. The van der Waals surface area contributed by atoms with E-state index in [4.69, 9.17) is 0 Å². The molecule has 0 radical (unpaired) electrons. The third-order valence-corrected chi connectivity index (χ3v) is 23.5. The number of para-hydroxylation sites is 2. The summed E-state index contributed by atoms with van der Waals surface area (Å²) >= 11 is 11.6. The highest BCUT2D eigenvalue weighted by molar-refractivity contribution is 7.99. The molecule has 14 aromatic rings. The van der Waals surface area contributed by atoms with Crippen LogP contribution in [0.5, 0.6) is 0 Å². The number of thiophene rings is 4. The molecule has 0 atom stereocenters. The summed E-state index contributed by atoms with van der Waals surface area (Å²) in [6, 6.07) is 96.3. The van der Waals surface area contributed by atoms with Crippen molar-refractivity contribution in [2.75, 3.05) is 9.80 Å². The lowest BCUT2D eigenvalue weighted by Crippen LogP contribution is -2.45. The van der Waals surface area contributed by atoms with Gasteiger partial charge in [0, 0.05) is 71.7 Å². The summed E-state index contributed by atoms with van der Waals surface area (Å²) in [6.45, 7) is 0. The van der Waals surface area contributed by atoms with Crippen molar-refractivity contribution >= 4 is 142 Å². The Kier molecular flexibility index (Phi) is 10.1. The van der Waals surface area contributed by atoms with E-state index in [1.54, 1.807) is 0 Å². The zero-order chi connectivity index (χ0) is 51.1. The van der Waals surface area contributed by atoms with Crippen LogP contribution in [0.1, 0.15) is 43.1 Å². The Morgan fingerprint density at radius 3 is 1.00 bits per heavy atom. The minimum Gasteiger partial charge on any atom is -0.300 e. The molecule has 2 aliphatic heterocycles. The summed E-state index contributed by atoms with van der Waals surface area (Å²) in [4.78, 5) is 13.0. The third-order valence-electron chi connectivity index (χ3n) is 16.2. The molecule has 78 heavy (non-hydrogen) atoms. The molecule has 0 saturated heterocycles. The third kappa shape index (κ3) is 6.27. The minimum absolute atomic E-state index is 0.710. The van der Waals surface area contributed by atoms with Crippen LogP contribution >= 0.6 is 68.9 Å². The molecule has 0 unspecified atom stereocenters. The smallest absolute Gasteiger partial charge is 0.101 e. The summed E-state index contributed by atoms with van der Waals surface area (Å²) in [6.07, 6.45) is 0. The van der Waals surface area contributed by atoms with Crippen molar-refractivity contribution in [3.05, 3.63) is 298 Å². The molecular formula is C70H42N2S6. The van der Waals surface area contributed by atoms with E-state index in [0.29, 0.717) is 0 Å². The maximum absolute atomic E-state index is 2.63. The lowest BCUT2D eigenvalue weighted by atomic mass is 9.55. The lowest BCUT2D eigenvalue weighted by Gasteiger charge is -2.51. The topological polar surface area (TPSA) is 6.48 Å². The van der Waals surface area contributed by atoms with E-state index >= 15 is 0 Å². The zero-order valence-electron chi connectivity index (χ0n) is 41.6. The van der Waals surface area contributed by atoms with Crippen LogP contribution in [-0.2, 0) is 10.8 Å². The number of hydrogen-bond donors (Lipinski definition) is 0. The first kappa shape index (κ1) is 45.4. The van der Waals surface area contributed by atoms with E-state index < -0.39 is 10.8 Å². The van der Waals surface area contributed by atoms with Gasteiger partial charge in [-0.3, -0.25) is 0 Å². The largest absolute Gasteiger partial charge is 0.300 e. The van der Waals surface area contributed by atoms with Gasteiger partial charge in [-0.25, -0.2) is 0 Å². The molecule has 1 aliphatic carbocycles. The normalized spacial score (nSPS) is 14.3. The quantitative estimate of drug-likeness (QED) is 0.164. The summed E-state index contributed by atoms with van der Waals surface area (Å²) in [5, 5.41) is 7.54. The SMILES string of the molecule is c1ccc(N(c2cc3c(s2)C2(c4ccccc4Sc4ccccc42)c2cc(N(c4ccccc4)c4cccc5c4sc4ccccc45)sc2C32c3ccccc3Sc3ccccc32)c2cccc3c2sc2ccccc23)cc1. The predicted octanol–water partition coefficient (Wildman–Crippen LogP) is 21.5. The van der Waals surface area contributed by atoms with Crippen LogP contribution in [0.25, 0.3) is 40.3 Å². The fraction of sp³-hybridized carbons (Fsp3) is 0.0286. The molecule has 4 aromatic heterocycles. The van der Waals surface area contributed by atoms with Crippen LogP contribution in [0.4, 0.5) is 32.8 Å². The van der Waals surface area contributed by atoms with Crippen molar-refractivity contribution < 1.29 is 0 Å². The Morgan fingerprint density at radius 1 is 0.269 bits per heavy atom. The highest BCUT2D eigenvalue weighted by Crippen LogP contribution is 2.71. The summed E-state index contributed by atoms with van der Waals surface area (Å²) in [5.74, 6) is 0. The van der Waals surface area contributed by atoms with Crippen LogP contribution in [-0.4, -0.2) is 0 Å². The molecule has 10 aromatic carbocycles. The van der Waals surface area contributed by atoms with Gasteiger partial charge in [0.1, 0.15) is 10.0 Å². The highest BCUT2D eigenvalue weighted by Gasteiger charge is 2.60. The Bertz CT molecular complexity index is 4300. The van der Waals surface area contributed by atoms with E-state index in [-0.39, 0.29) is 0 Å². The minimum atomic E-state index is -0.710. The second-order valence-corrected chi connectivity index (χ2v) is 26.5. The molecule has 3 aliphatic rings. The van der Waals surface area contributed by atoms with Crippen molar-refractivity contribution in [1.82, 2.24) is 0 Å². The van der Waals surface area contributed by atoms with Gasteiger partial charge in [0.15, 0.2) is 0 Å². The molecular weight excluding hydrogens is 1060 g/mol. The fourth-order valence-electron chi connectivity index (χ4n) is 13.1. The monoisotopic (exact) mass is 1100 g/mol. The van der Waals surface area contributed by atoms with Crippen LogP contribution in [0, 0.1) is 0 Å². The molecule has 8 heteroatoms. The van der Waals surface area contributed by atoms with E-state index in [1.165, 1.54) is 124 Å². The van der Waals surface area contributed by atoms with Crippen molar-refractivity contribution in [1.29, 1.82) is 0 Å². The highest BCUT2D eigenvalue weighted by atomic mass is 32.2. The summed E-state index contributed by atoms with van der Waals surface area (Å²) in [7, 11) is 0. The van der Waals surface area contributed by atoms with Gasteiger partial charge in [-0.15, -0.1) is 45.3 Å². The second kappa shape index (κ2) is 17.4. The van der Waals surface area contributed by atoms with Crippen molar-refractivity contribution in [3.63, 3.8) is 0 Å². The molecule has 6 heterocycles. The van der Waals surface area contributed by atoms with E-state index in [1.807, 2.05) is 68.9 Å². The molecule has 0 fully saturated rings. The maximum Gasteiger partial charge on any atom is 0.101 e. The van der Waals surface area contributed by atoms with Crippen molar-refractivity contribution in [2.45, 2.75) is 30.4 Å². The van der Waals surface area contributed by atoms with Gasteiger partial charge in [0.05, 0.1) is 31.6 Å². The van der Waals surface area contributed by atoms with Crippen LogP contribution in [0.15, 0.2) is 274 Å². The van der Waals surface area contributed by atoms with Gasteiger partial charge in [-0.05, 0) is 118 Å². The molecule has 2 nitrogen and oxygen atoms in total. The van der Waals surface area contributed by atoms with Crippen molar-refractivity contribution in [2.24, 2.45) is 0 Å². The first-order valence-corrected chi connectivity index (χ1v) is 31.1. The summed E-state index contributed by atoms with van der Waals surface area (Å²) < 4.78 is 5.16. The predicted molar refractivity (Wildman–Crippen MR) is 336 cm³/mol. The lowest BCUT2D eigenvalue weighted by molar-refractivity contribution is 0.609. The number of benzene rings is 10. The summed E-state index contributed by atoms with van der Waals surface area (Å²) in [5.41, 5.74) is 11.2. The molecule has 368 valence electrons. The molecule has 0 saturated carbocycles. The van der Waals surface area contributed by atoms with E-state index in [2.05, 4.69) is 265 Å². The Labute approximate surface area is 476 Å². The standard InChI is InChI=1S/C70H42N2S6/c1-3-21-43(22-4-1)71(55-33-19-27-47-45-25-7-13-35-57(45)75-65(47)55)63-41-53-67(77-63)70(51-31-11-17-39-61(51)74-62-40-18-12-32-52(62)70)54-42-64(78-68(54)69(53)49-29-9-15-37-59(49)73-60-38-16-10-30-50(60)69)72(44-23-5-2-6-24-44)56-34-20-28-48-46-26-8-14-36-58(46)76-66(48)56/h1-42H. The molecule has 0 amide bonds. The number of fused-ring (bicyclic) bond motifs is 20. The second-order valence-electron chi connectivity index (χ2n) is 20.2. The van der Waals surface area contributed by atoms with Crippen molar-refractivity contribution in [3.8, 4) is 0 Å². The van der Waals surface area contributed by atoms with Gasteiger partial charge < -0.3 is 9.80 Å². The molecule has 0 bridgehead atoms. The first-order valence-electron chi connectivity index (χ1n) is 26.2. The molecule has 17 rings (SSSR count). The average Bonchev–Trinajstić information content (AvgIpc) is 3.82. The molecule has 0 N–H and O–H groups in total. The zero-order valence-corrected chi connectivity index (χ0v) is 46.5. The Balaban J connectivity index is 1.04. The van der Waals surface area contributed by atoms with E-state index in [0.717, 1.165) is 11.4 Å². The van der Waals surface area contributed by atoms with Crippen LogP contribution in [0.2, 0.25) is 0 Å². The molecule has 2 spiro atoms. The van der Waals surface area contributed by atoms with Crippen LogP contribution < -0.4 is 9.80 Å². The number of anilines is 6. The van der Waals surface area contributed by atoms with Gasteiger partial charge in [-0.2, -0.15) is 0 Å². The number of rotatable bonds is 6. The Morgan fingerprint density at radius 2 is 0.603 bits per heavy atom. The number of nitrogens with zero attached hydrogens (tertiary/aromatic N) is 2. The van der Waals surface area contributed by atoms with Crippen LogP contribution in [0.3, 0.4) is 0 Å². The van der Waals surface area contributed by atoms with E-state index in [9.17, 15) is 0 Å². The van der Waals surface area contributed by atoms with Gasteiger partial charge >= 0.3 is 0 Å². The van der Waals surface area contributed by atoms with Gasteiger partial charge in [0.2, 0.25) is 0 Å². The maximum atomic E-state index is 2.63. The number of hydrogen-bond acceptors (Lipinski definition) is 8. The average molecular weight is 1100 g/mol. The van der Waals surface area contributed by atoms with Gasteiger partial charge in [0.25, 0.3) is 0 Å². The Hall–Kier alpha value is -7.66. The van der Waals surface area contributed by atoms with Gasteiger partial charge in [-0.1, -0.05) is 193 Å². The fourth-order valence-corrected chi connectivity index (χ4v) is 20.9.